The fraction of sp³-hybridized carbons (Fsp3) is 0.294. The zero-order valence-corrected chi connectivity index (χ0v) is 11.8. The van der Waals surface area contributed by atoms with E-state index in [2.05, 4.69) is 5.32 Å². The third kappa shape index (κ3) is 4.68. The molecule has 106 valence electrons. The van der Waals surface area contributed by atoms with Gasteiger partial charge in [-0.15, -0.1) is 0 Å². The number of nitrogens with one attached hydrogen (secondary N) is 1. The Morgan fingerprint density at radius 3 is 2.55 bits per heavy atom. The summed E-state index contributed by atoms with van der Waals surface area (Å²) in [4.78, 5) is 0. The molecule has 20 heavy (non-hydrogen) atoms. The van der Waals surface area contributed by atoms with Crippen molar-refractivity contribution in [1.82, 2.24) is 5.32 Å². The molecule has 0 aliphatic carbocycles. The zero-order valence-electron chi connectivity index (χ0n) is 11.8. The van der Waals surface area contributed by atoms with E-state index >= 15 is 0 Å². The van der Waals surface area contributed by atoms with Gasteiger partial charge in [-0.25, -0.2) is 0 Å². The van der Waals surface area contributed by atoms with E-state index in [1.165, 1.54) is 0 Å². The Bertz CT molecular complexity index is 513. The van der Waals surface area contributed by atoms with Crippen LogP contribution >= 0.6 is 0 Å². The number of hydrogen-bond acceptors (Lipinski definition) is 3. The molecule has 3 heteroatoms. The predicted octanol–water partition coefficient (Wildman–Crippen LogP) is 2.74. The smallest absolute Gasteiger partial charge is 0.120 e. The molecule has 0 radical (unpaired) electrons. The molecule has 0 amide bonds. The summed E-state index contributed by atoms with van der Waals surface area (Å²) in [6, 6.07) is 18.2. The molecule has 2 aromatic carbocycles. The molecule has 0 aliphatic heterocycles. The molecule has 1 unspecified atom stereocenters. The van der Waals surface area contributed by atoms with Crippen molar-refractivity contribution in [2.45, 2.75) is 26.1 Å². The van der Waals surface area contributed by atoms with Gasteiger partial charge in [0.25, 0.3) is 0 Å². The van der Waals surface area contributed by atoms with Gasteiger partial charge in [0.05, 0.1) is 6.61 Å². The van der Waals surface area contributed by atoms with Gasteiger partial charge in [0.15, 0.2) is 0 Å². The van der Waals surface area contributed by atoms with Crippen molar-refractivity contribution in [2.24, 2.45) is 0 Å². The molecule has 0 saturated heterocycles. The molecule has 0 heterocycles. The van der Waals surface area contributed by atoms with E-state index in [0.29, 0.717) is 6.61 Å². The number of hydrogen-bond donors (Lipinski definition) is 2. The molecule has 3 nitrogen and oxygen atoms in total. The molecular weight excluding hydrogens is 250 g/mol. The van der Waals surface area contributed by atoms with E-state index in [0.717, 1.165) is 23.4 Å². The summed E-state index contributed by atoms with van der Waals surface area (Å²) in [7, 11) is 0. The molecule has 0 spiro atoms. The first-order valence-electron chi connectivity index (χ1n) is 6.88. The number of aliphatic hydroxyl groups excluding tert-OH is 1. The van der Waals surface area contributed by atoms with Gasteiger partial charge in [-0.3, -0.25) is 0 Å². The van der Waals surface area contributed by atoms with Crippen LogP contribution < -0.4 is 10.1 Å². The Morgan fingerprint density at radius 1 is 1.05 bits per heavy atom. The molecule has 0 aliphatic rings. The highest BCUT2D eigenvalue weighted by Gasteiger charge is 2.01. The Hall–Kier alpha value is -1.84. The van der Waals surface area contributed by atoms with E-state index in [1.807, 2.05) is 61.5 Å². The standard InChI is InChI=1S/C17H21NO2/c1-14(12-19)18-11-16-8-5-9-17(10-16)20-13-15-6-3-2-4-7-15/h2-10,14,18-19H,11-13H2,1H3. The average Bonchev–Trinajstić information content (AvgIpc) is 2.52. The molecule has 0 saturated carbocycles. The number of benzene rings is 2. The van der Waals surface area contributed by atoms with Gasteiger partial charge >= 0.3 is 0 Å². The maximum absolute atomic E-state index is 8.99. The summed E-state index contributed by atoms with van der Waals surface area (Å²) >= 11 is 0. The van der Waals surface area contributed by atoms with Crippen molar-refractivity contribution in [2.75, 3.05) is 6.61 Å². The summed E-state index contributed by atoms with van der Waals surface area (Å²) in [5, 5.41) is 12.2. The van der Waals surface area contributed by atoms with Crippen molar-refractivity contribution < 1.29 is 9.84 Å². The molecule has 0 fully saturated rings. The van der Waals surface area contributed by atoms with Gasteiger partial charge < -0.3 is 15.2 Å². The molecule has 2 N–H and O–H groups in total. The van der Waals surface area contributed by atoms with E-state index in [1.54, 1.807) is 0 Å². The Balaban J connectivity index is 1.89. The second-order valence-corrected chi connectivity index (χ2v) is 4.89. The molecule has 2 aromatic rings. The first kappa shape index (κ1) is 14.6. The number of rotatable bonds is 7. The number of ether oxygens (including phenoxy) is 1. The van der Waals surface area contributed by atoms with Crippen LogP contribution in [0, 0.1) is 0 Å². The van der Waals surface area contributed by atoms with Crippen LogP contribution in [-0.2, 0) is 13.2 Å². The van der Waals surface area contributed by atoms with Crippen molar-refractivity contribution in [1.29, 1.82) is 0 Å². The minimum atomic E-state index is 0.101. The van der Waals surface area contributed by atoms with Crippen molar-refractivity contribution >= 4 is 0 Å². The Kier molecular flexibility index (Phi) is 5.59. The van der Waals surface area contributed by atoms with Crippen LogP contribution in [0.25, 0.3) is 0 Å². The lowest BCUT2D eigenvalue weighted by Crippen LogP contribution is -2.28. The lowest BCUT2D eigenvalue weighted by molar-refractivity contribution is 0.251. The Labute approximate surface area is 120 Å². The number of aliphatic hydroxyl groups is 1. The summed E-state index contributed by atoms with van der Waals surface area (Å²) < 4.78 is 5.79. The van der Waals surface area contributed by atoms with Crippen molar-refractivity contribution in [3.8, 4) is 5.75 Å². The Morgan fingerprint density at radius 2 is 1.80 bits per heavy atom. The van der Waals surface area contributed by atoms with Crippen molar-refractivity contribution in [3.63, 3.8) is 0 Å². The van der Waals surface area contributed by atoms with Crippen LogP contribution in [0.2, 0.25) is 0 Å². The highest BCUT2D eigenvalue weighted by atomic mass is 16.5. The molecule has 0 bridgehead atoms. The van der Waals surface area contributed by atoms with Crippen LogP contribution in [-0.4, -0.2) is 17.8 Å². The van der Waals surface area contributed by atoms with Gasteiger partial charge in [0.1, 0.15) is 12.4 Å². The highest BCUT2D eigenvalue weighted by molar-refractivity contribution is 5.29. The highest BCUT2D eigenvalue weighted by Crippen LogP contribution is 2.15. The lowest BCUT2D eigenvalue weighted by atomic mass is 10.2. The minimum Gasteiger partial charge on any atom is -0.489 e. The molecular formula is C17H21NO2. The fourth-order valence-corrected chi connectivity index (χ4v) is 1.84. The third-order valence-electron chi connectivity index (χ3n) is 3.08. The van der Waals surface area contributed by atoms with Gasteiger partial charge in [-0.1, -0.05) is 42.5 Å². The first-order valence-corrected chi connectivity index (χ1v) is 6.88. The summed E-state index contributed by atoms with van der Waals surface area (Å²) in [6.45, 7) is 3.40. The third-order valence-corrected chi connectivity index (χ3v) is 3.08. The van der Waals surface area contributed by atoms with Crippen molar-refractivity contribution in [3.05, 3.63) is 65.7 Å². The second-order valence-electron chi connectivity index (χ2n) is 4.89. The average molecular weight is 271 g/mol. The van der Waals surface area contributed by atoms with Gasteiger partial charge in [0, 0.05) is 12.6 Å². The first-order chi connectivity index (χ1) is 9.78. The zero-order chi connectivity index (χ0) is 14.2. The monoisotopic (exact) mass is 271 g/mol. The molecule has 2 rings (SSSR count). The fourth-order valence-electron chi connectivity index (χ4n) is 1.84. The van der Waals surface area contributed by atoms with Crippen LogP contribution in [0.4, 0.5) is 0 Å². The molecule has 0 aromatic heterocycles. The second kappa shape index (κ2) is 7.68. The maximum atomic E-state index is 8.99. The van der Waals surface area contributed by atoms with Crippen LogP contribution in [0.15, 0.2) is 54.6 Å². The van der Waals surface area contributed by atoms with Crippen LogP contribution in [0.5, 0.6) is 5.75 Å². The summed E-state index contributed by atoms with van der Waals surface area (Å²) in [6.07, 6.45) is 0. The quantitative estimate of drug-likeness (QED) is 0.813. The van der Waals surface area contributed by atoms with E-state index in [-0.39, 0.29) is 12.6 Å². The van der Waals surface area contributed by atoms with E-state index in [9.17, 15) is 0 Å². The minimum absolute atomic E-state index is 0.101. The van der Waals surface area contributed by atoms with Crippen LogP contribution in [0.3, 0.4) is 0 Å². The summed E-state index contributed by atoms with van der Waals surface area (Å²) in [5.74, 6) is 0.866. The van der Waals surface area contributed by atoms with Gasteiger partial charge in [0.2, 0.25) is 0 Å². The lowest BCUT2D eigenvalue weighted by Gasteiger charge is -2.12. The summed E-state index contributed by atoms with van der Waals surface area (Å²) in [5.41, 5.74) is 2.31. The normalized spacial score (nSPS) is 12.1. The van der Waals surface area contributed by atoms with Gasteiger partial charge in [-0.2, -0.15) is 0 Å². The van der Waals surface area contributed by atoms with E-state index in [4.69, 9.17) is 9.84 Å². The largest absolute Gasteiger partial charge is 0.489 e. The van der Waals surface area contributed by atoms with E-state index < -0.39 is 0 Å². The van der Waals surface area contributed by atoms with Crippen LogP contribution in [0.1, 0.15) is 18.1 Å². The predicted molar refractivity (Wildman–Crippen MR) is 80.6 cm³/mol. The topological polar surface area (TPSA) is 41.5 Å². The molecule has 1 atom stereocenters. The van der Waals surface area contributed by atoms with Gasteiger partial charge in [-0.05, 0) is 30.2 Å². The maximum Gasteiger partial charge on any atom is 0.120 e. The SMILES string of the molecule is CC(CO)NCc1cccc(OCc2ccccc2)c1.